The Morgan fingerprint density at radius 3 is 3.00 bits per heavy atom. The second-order valence-electron chi connectivity index (χ2n) is 4.97. The number of halogens is 1. The van der Waals surface area contributed by atoms with E-state index in [1.807, 2.05) is 30.1 Å². The van der Waals surface area contributed by atoms with Gasteiger partial charge >= 0.3 is 0 Å². The summed E-state index contributed by atoms with van der Waals surface area (Å²) in [5.74, 6) is 0. The van der Waals surface area contributed by atoms with E-state index in [4.69, 9.17) is 11.6 Å². The lowest BCUT2D eigenvalue weighted by atomic mass is 10.1. The molecule has 1 aromatic carbocycles. The lowest BCUT2D eigenvalue weighted by Crippen LogP contribution is -2.24. The highest BCUT2D eigenvalue weighted by Crippen LogP contribution is 2.32. The molecule has 1 aromatic heterocycles. The van der Waals surface area contributed by atoms with Crippen LogP contribution in [0.4, 0.5) is 5.69 Å². The van der Waals surface area contributed by atoms with Gasteiger partial charge in [0.1, 0.15) is 0 Å². The fourth-order valence-electron chi connectivity index (χ4n) is 2.63. The average molecular weight is 277 g/mol. The number of hydrogen-bond acceptors (Lipinski definition) is 3. The third kappa shape index (κ3) is 2.45. The molecule has 5 heteroatoms. The van der Waals surface area contributed by atoms with Gasteiger partial charge in [-0.05, 0) is 37.0 Å². The number of hydrogen-bond donors (Lipinski definition) is 0. The van der Waals surface area contributed by atoms with Crippen LogP contribution in [0.3, 0.4) is 0 Å². The van der Waals surface area contributed by atoms with Crippen LogP contribution in [0.25, 0.3) is 0 Å². The van der Waals surface area contributed by atoms with E-state index in [0.29, 0.717) is 0 Å². The first-order valence-corrected chi connectivity index (χ1v) is 6.99. The van der Waals surface area contributed by atoms with Gasteiger partial charge in [0.15, 0.2) is 0 Å². The smallest absolute Gasteiger partial charge is 0.0776 e. The van der Waals surface area contributed by atoms with E-state index in [0.717, 1.165) is 30.2 Å². The van der Waals surface area contributed by atoms with Crippen LogP contribution in [-0.4, -0.2) is 21.5 Å². The zero-order chi connectivity index (χ0) is 13.2. The van der Waals surface area contributed by atoms with Gasteiger partial charge in [0.2, 0.25) is 0 Å². The summed E-state index contributed by atoms with van der Waals surface area (Å²) in [6.45, 7) is 1.88. The number of benzene rings is 1. The summed E-state index contributed by atoms with van der Waals surface area (Å²) >= 11 is 6.34. The molecule has 100 valence electrons. The van der Waals surface area contributed by atoms with Gasteiger partial charge in [-0.2, -0.15) is 0 Å². The second-order valence-corrected chi connectivity index (χ2v) is 5.37. The van der Waals surface area contributed by atoms with E-state index < -0.39 is 0 Å². The zero-order valence-corrected chi connectivity index (χ0v) is 11.8. The minimum atomic E-state index is 0.830. The van der Waals surface area contributed by atoms with Crippen molar-refractivity contribution in [2.75, 3.05) is 11.4 Å². The molecule has 0 fully saturated rings. The minimum absolute atomic E-state index is 0.830. The van der Waals surface area contributed by atoms with Crippen molar-refractivity contribution in [1.29, 1.82) is 0 Å². The third-order valence-electron chi connectivity index (χ3n) is 3.70. The Morgan fingerprint density at radius 2 is 2.21 bits per heavy atom. The molecule has 0 unspecified atom stereocenters. The van der Waals surface area contributed by atoms with E-state index in [1.165, 1.54) is 24.1 Å². The van der Waals surface area contributed by atoms with Crippen LogP contribution in [0.2, 0.25) is 5.02 Å². The Bertz CT molecular complexity index is 579. The molecule has 3 rings (SSSR count). The number of aromatic nitrogens is 3. The van der Waals surface area contributed by atoms with E-state index >= 15 is 0 Å². The van der Waals surface area contributed by atoms with Crippen molar-refractivity contribution in [1.82, 2.24) is 15.0 Å². The first kappa shape index (κ1) is 12.5. The number of aryl methyl sites for hydroxylation is 1. The first-order valence-electron chi connectivity index (χ1n) is 6.61. The van der Waals surface area contributed by atoms with E-state index in [1.54, 1.807) is 0 Å². The Labute approximate surface area is 118 Å². The van der Waals surface area contributed by atoms with Crippen molar-refractivity contribution >= 4 is 17.3 Å². The van der Waals surface area contributed by atoms with E-state index in [9.17, 15) is 0 Å². The highest BCUT2D eigenvalue weighted by molar-refractivity contribution is 6.31. The van der Waals surface area contributed by atoms with Crippen molar-refractivity contribution in [3.05, 3.63) is 40.7 Å². The molecule has 0 aliphatic carbocycles. The van der Waals surface area contributed by atoms with Crippen molar-refractivity contribution in [2.45, 2.75) is 25.8 Å². The van der Waals surface area contributed by atoms with E-state index in [-0.39, 0.29) is 0 Å². The second kappa shape index (κ2) is 5.21. The number of nitrogens with zero attached hydrogens (tertiary/aromatic N) is 4. The highest BCUT2D eigenvalue weighted by atomic mass is 35.5. The zero-order valence-electron chi connectivity index (χ0n) is 11.0. The molecule has 4 nitrogen and oxygen atoms in total. The summed E-state index contributed by atoms with van der Waals surface area (Å²) in [6, 6.07) is 6.17. The maximum absolute atomic E-state index is 6.34. The predicted molar refractivity (Wildman–Crippen MR) is 76.4 cm³/mol. The van der Waals surface area contributed by atoms with Gasteiger partial charge in [0.05, 0.1) is 18.4 Å². The summed E-state index contributed by atoms with van der Waals surface area (Å²) in [5.41, 5.74) is 3.65. The molecule has 0 bridgehead atoms. The molecular weight excluding hydrogens is 260 g/mol. The quantitative estimate of drug-likeness (QED) is 0.846. The standard InChI is InChI=1S/C14H17ClN4/c1-18-11(9-16-17-18)10-19-8-3-2-5-12-13(15)6-4-7-14(12)19/h4,6-7,9H,2-3,5,8,10H2,1H3. The predicted octanol–water partition coefficient (Wildman–Crippen LogP) is 2.81. The SMILES string of the molecule is Cn1nncc1CN1CCCCc2c(Cl)cccc21. The molecule has 0 atom stereocenters. The summed E-state index contributed by atoms with van der Waals surface area (Å²) in [7, 11) is 1.93. The Balaban J connectivity index is 1.94. The van der Waals surface area contributed by atoms with Crippen molar-refractivity contribution in [3.8, 4) is 0 Å². The van der Waals surface area contributed by atoms with Gasteiger partial charge in [0.25, 0.3) is 0 Å². The Hall–Kier alpha value is -1.55. The fraction of sp³-hybridized carbons (Fsp3) is 0.429. The van der Waals surface area contributed by atoms with Crippen LogP contribution in [-0.2, 0) is 20.0 Å². The monoisotopic (exact) mass is 276 g/mol. The summed E-state index contributed by atoms with van der Waals surface area (Å²) in [6.07, 6.45) is 5.28. The number of anilines is 1. The van der Waals surface area contributed by atoms with Gasteiger partial charge in [0, 0.05) is 24.3 Å². The first-order chi connectivity index (χ1) is 9.25. The van der Waals surface area contributed by atoms with Gasteiger partial charge in [-0.3, -0.25) is 4.68 Å². The molecule has 0 spiro atoms. The molecule has 2 aromatic rings. The van der Waals surface area contributed by atoms with Crippen LogP contribution in [0.5, 0.6) is 0 Å². The van der Waals surface area contributed by atoms with Crippen molar-refractivity contribution in [2.24, 2.45) is 7.05 Å². The van der Waals surface area contributed by atoms with Crippen LogP contribution in [0.1, 0.15) is 24.1 Å². The summed E-state index contributed by atoms with van der Waals surface area (Å²) in [5, 5.41) is 8.82. The molecule has 0 amide bonds. The van der Waals surface area contributed by atoms with Crippen LogP contribution >= 0.6 is 11.6 Å². The largest absolute Gasteiger partial charge is 0.365 e. The summed E-state index contributed by atoms with van der Waals surface area (Å²) in [4.78, 5) is 2.38. The topological polar surface area (TPSA) is 34.0 Å². The third-order valence-corrected chi connectivity index (χ3v) is 4.05. The molecule has 2 heterocycles. The molecular formula is C14H17ClN4. The Kier molecular flexibility index (Phi) is 3.42. The maximum atomic E-state index is 6.34. The normalized spacial score (nSPS) is 15.2. The maximum Gasteiger partial charge on any atom is 0.0776 e. The minimum Gasteiger partial charge on any atom is -0.365 e. The average Bonchev–Trinajstić information content (AvgIpc) is 2.69. The lowest BCUT2D eigenvalue weighted by molar-refractivity contribution is 0.647. The lowest BCUT2D eigenvalue weighted by Gasteiger charge is -2.25. The van der Waals surface area contributed by atoms with Gasteiger partial charge in [-0.15, -0.1) is 5.10 Å². The molecule has 0 radical (unpaired) electrons. The van der Waals surface area contributed by atoms with Crippen LogP contribution in [0, 0.1) is 0 Å². The van der Waals surface area contributed by atoms with Crippen molar-refractivity contribution in [3.63, 3.8) is 0 Å². The van der Waals surface area contributed by atoms with Gasteiger partial charge in [-0.25, -0.2) is 0 Å². The van der Waals surface area contributed by atoms with Crippen molar-refractivity contribution < 1.29 is 0 Å². The van der Waals surface area contributed by atoms with Gasteiger partial charge in [-0.1, -0.05) is 22.9 Å². The molecule has 0 saturated heterocycles. The summed E-state index contributed by atoms with van der Waals surface area (Å²) < 4.78 is 1.83. The number of rotatable bonds is 2. The van der Waals surface area contributed by atoms with E-state index in [2.05, 4.69) is 21.3 Å². The molecule has 1 aliphatic heterocycles. The fourth-order valence-corrected chi connectivity index (χ4v) is 2.89. The molecule has 0 saturated carbocycles. The highest BCUT2D eigenvalue weighted by Gasteiger charge is 2.18. The van der Waals surface area contributed by atoms with Gasteiger partial charge < -0.3 is 4.90 Å². The molecule has 1 aliphatic rings. The van der Waals surface area contributed by atoms with Crippen LogP contribution < -0.4 is 4.90 Å². The molecule has 0 N–H and O–H groups in total. The number of fused-ring (bicyclic) bond motifs is 1. The van der Waals surface area contributed by atoms with Crippen LogP contribution in [0.15, 0.2) is 24.4 Å². The Morgan fingerprint density at radius 1 is 1.32 bits per heavy atom. The molecule has 19 heavy (non-hydrogen) atoms.